The molecule has 2 aliphatic heterocycles. The Kier molecular flexibility index (Phi) is 5.17. The monoisotopic (exact) mass is 456 g/mol. The van der Waals surface area contributed by atoms with Gasteiger partial charge in [-0.3, -0.25) is 4.79 Å². The molecule has 0 saturated carbocycles. The van der Waals surface area contributed by atoms with Crippen molar-refractivity contribution in [1.82, 2.24) is 9.62 Å². The molecule has 9 heteroatoms. The SMILES string of the molecule is O=C(NCc1ccc2c(c1)OCO2)c1cccc(S(=O)(=O)N2CCc3sccc3C2)c1. The van der Waals surface area contributed by atoms with Gasteiger partial charge in [0.05, 0.1) is 4.90 Å². The molecule has 1 aromatic heterocycles. The van der Waals surface area contributed by atoms with Crippen molar-refractivity contribution in [3.8, 4) is 11.5 Å². The lowest BCUT2D eigenvalue weighted by Crippen LogP contribution is -2.35. The Morgan fingerprint density at radius 2 is 1.97 bits per heavy atom. The molecule has 160 valence electrons. The van der Waals surface area contributed by atoms with Gasteiger partial charge < -0.3 is 14.8 Å². The van der Waals surface area contributed by atoms with E-state index in [9.17, 15) is 13.2 Å². The van der Waals surface area contributed by atoms with Gasteiger partial charge in [-0.25, -0.2) is 8.42 Å². The topological polar surface area (TPSA) is 84.9 Å². The van der Waals surface area contributed by atoms with Crippen LogP contribution in [-0.4, -0.2) is 32.0 Å². The molecule has 7 nitrogen and oxygen atoms in total. The van der Waals surface area contributed by atoms with Crippen molar-refractivity contribution in [2.45, 2.75) is 24.4 Å². The van der Waals surface area contributed by atoms with Crippen molar-refractivity contribution >= 4 is 27.3 Å². The van der Waals surface area contributed by atoms with E-state index in [-0.39, 0.29) is 17.6 Å². The number of carbonyl (C=O) groups is 1. The number of benzene rings is 2. The fourth-order valence-corrected chi connectivity index (χ4v) is 6.06. The number of rotatable bonds is 5. The van der Waals surface area contributed by atoms with Crippen LogP contribution in [0.25, 0.3) is 0 Å². The van der Waals surface area contributed by atoms with E-state index in [2.05, 4.69) is 5.32 Å². The van der Waals surface area contributed by atoms with E-state index < -0.39 is 10.0 Å². The minimum Gasteiger partial charge on any atom is -0.454 e. The molecule has 0 atom stereocenters. The average Bonchev–Trinajstić information content (AvgIpc) is 3.45. The number of carbonyl (C=O) groups excluding carboxylic acids is 1. The summed E-state index contributed by atoms with van der Waals surface area (Å²) in [5, 5.41) is 4.82. The third-order valence-corrected chi connectivity index (χ3v) is 8.26. The van der Waals surface area contributed by atoms with Gasteiger partial charge in [0.25, 0.3) is 5.91 Å². The van der Waals surface area contributed by atoms with Gasteiger partial charge >= 0.3 is 0 Å². The molecular formula is C22H20N2O5S2. The van der Waals surface area contributed by atoms with Gasteiger partial charge in [0, 0.05) is 30.1 Å². The average molecular weight is 457 g/mol. The Labute approximate surface area is 184 Å². The van der Waals surface area contributed by atoms with E-state index in [0.717, 1.165) is 11.1 Å². The fraction of sp³-hybridized carbons (Fsp3) is 0.227. The predicted octanol–water partition coefficient (Wildman–Crippen LogP) is 3.15. The smallest absolute Gasteiger partial charge is 0.251 e. The molecule has 0 aliphatic carbocycles. The molecule has 2 aliphatic rings. The Morgan fingerprint density at radius 3 is 2.87 bits per heavy atom. The summed E-state index contributed by atoms with van der Waals surface area (Å²) >= 11 is 1.66. The van der Waals surface area contributed by atoms with Gasteiger partial charge in [-0.1, -0.05) is 12.1 Å². The highest BCUT2D eigenvalue weighted by atomic mass is 32.2. The second-order valence-corrected chi connectivity index (χ2v) is 10.3. The second-order valence-electron chi connectivity index (χ2n) is 7.36. The summed E-state index contributed by atoms with van der Waals surface area (Å²) in [5.41, 5.74) is 2.22. The maximum Gasteiger partial charge on any atom is 0.251 e. The van der Waals surface area contributed by atoms with Crippen molar-refractivity contribution in [3.63, 3.8) is 0 Å². The summed E-state index contributed by atoms with van der Waals surface area (Å²) < 4.78 is 38.4. The molecule has 0 radical (unpaired) electrons. The number of amides is 1. The van der Waals surface area contributed by atoms with Crippen LogP contribution in [0.3, 0.4) is 0 Å². The number of fused-ring (bicyclic) bond motifs is 2. The molecule has 1 N–H and O–H groups in total. The number of nitrogens with one attached hydrogen (secondary N) is 1. The molecule has 2 aromatic carbocycles. The Morgan fingerprint density at radius 1 is 1.10 bits per heavy atom. The predicted molar refractivity (Wildman–Crippen MR) is 116 cm³/mol. The molecule has 0 bridgehead atoms. The van der Waals surface area contributed by atoms with E-state index >= 15 is 0 Å². The van der Waals surface area contributed by atoms with E-state index in [4.69, 9.17) is 9.47 Å². The summed E-state index contributed by atoms with van der Waals surface area (Å²) in [6.07, 6.45) is 0.710. The molecule has 0 fully saturated rings. The molecule has 0 unspecified atom stereocenters. The maximum atomic E-state index is 13.2. The molecule has 31 heavy (non-hydrogen) atoms. The zero-order valence-corrected chi connectivity index (χ0v) is 18.2. The van der Waals surface area contributed by atoms with Crippen LogP contribution in [0, 0.1) is 0 Å². The van der Waals surface area contributed by atoms with Gasteiger partial charge in [-0.15, -0.1) is 11.3 Å². The van der Waals surface area contributed by atoms with Crippen LogP contribution >= 0.6 is 11.3 Å². The van der Waals surface area contributed by atoms with Crippen molar-refractivity contribution in [2.75, 3.05) is 13.3 Å². The van der Waals surface area contributed by atoms with Crippen LogP contribution in [0.1, 0.15) is 26.4 Å². The summed E-state index contributed by atoms with van der Waals surface area (Å²) in [5.74, 6) is 0.990. The van der Waals surface area contributed by atoms with Crippen LogP contribution in [-0.2, 0) is 29.5 Å². The maximum absolute atomic E-state index is 13.2. The highest BCUT2D eigenvalue weighted by Gasteiger charge is 2.29. The van der Waals surface area contributed by atoms with E-state index in [0.29, 0.717) is 43.1 Å². The minimum atomic E-state index is -3.69. The first-order chi connectivity index (χ1) is 15.0. The third-order valence-electron chi connectivity index (χ3n) is 5.40. The Bertz CT molecular complexity index is 1250. The summed E-state index contributed by atoms with van der Waals surface area (Å²) in [6.45, 7) is 1.29. The number of ether oxygens (including phenoxy) is 2. The first-order valence-electron chi connectivity index (χ1n) is 9.83. The number of thiophene rings is 1. The second kappa shape index (κ2) is 7.99. The lowest BCUT2D eigenvalue weighted by atomic mass is 10.1. The first kappa shape index (κ1) is 20.0. The van der Waals surface area contributed by atoms with Crippen LogP contribution in [0.2, 0.25) is 0 Å². The van der Waals surface area contributed by atoms with E-state index in [1.54, 1.807) is 29.5 Å². The Hall–Kier alpha value is -2.88. The van der Waals surface area contributed by atoms with Crippen molar-refractivity contribution < 1.29 is 22.7 Å². The van der Waals surface area contributed by atoms with E-state index in [1.165, 1.54) is 21.3 Å². The lowest BCUT2D eigenvalue weighted by Gasteiger charge is -2.26. The summed E-state index contributed by atoms with van der Waals surface area (Å²) in [6, 6.07) is 13.6. The molecule has 3 heterocycles. The van der Waals surface area contributed by atoms with E-state index in [1.807, 2.05) is 23.6 Å². The van der Waals surface area contributed by atoms with Crippen molar-refractivity contribution in [3.05, 3.63) is 75.5 Å². The van der Waals surface area contributed by atoms with Crippen molar-refractivity contribution in [1.29, 1.82) is 0 Å². The lowest BCUT2D eigenvalue weighted by molar-refractivity contribution is 0.0950. The fourth-order valence-electron chi connectivity index (χ4n) is 3.71. The number of sulfonamides is 1. The normalized spacial score (nSPS) is 15.5. The molecule has 0 spiro atoms. The summed E-state index contributed by atoms with van der Waals surface area (Å²) in [4.78, 5) is 14.0. The van der Waals surface area contributed by atoms with Gasteiger partial charge in [-0.2, -0.15) is 4.31 Å². The highest BCUT2D eigenvalue weighted by Crippen LogP contribution is 2.32. The molecule has 0 saturated heterocycles. The number of hydrogen-bond acceptors (Lipinski definition) is 6. The highest BCUT2D eigenvalue weighted by molar-refractivity contribution is 7.89. The Balaban J connectivity index is 1.30. The number of nitrogens with zero attached hydrogens (tertiary/aromatic N) is 1. The molecule has 5 rings (SSSR count). The first-order valence-corrected chi connectivity index (χ1v) is 12.1. The standard InChI is InChI=1S/C22H20N2O5S2/c25-22(23-12-15-4-5-19-20(10-15)29-14-28-19)16-2-1-3-18(11-16)31(26,27)24-8-6-21-17(13-24)7-9-30-21/h1-5,7,9-11H,6,8,12-14H2,(H,23,25). The van der Waals surface area contributed by atoms with Gasteiger partial charge in [0.1, 0.15) is 0 Å². The largest absolute Gasteiger partial charge is 0.454 e. The molecular weight excluding hydrogens is 436 g/mol. The van der Waals surface area contributed by atoms with Crippen LogP contribution in [0.4, 0.5) is 0 Å². The van der Waals surface area contributed by atoms with Gasteiger partial charge in [0.15, 0.2) is 11.5 Å². The van der Waals surface area contributed by atoms with Gasteiger partial charge in [-0.05, 0) is 59.3 Å². The van der Waals surface area contributed by atoms with Crippen LogP contribution in [0.15, 0.2) is 58.8 Å². The molecule has 3 aromatic rings. The summed E-state index contributed by atoms with van der Waals surface area (Å²) in [7, 11) is -3.69. The zero-order chi connectivity index (χ0) is 21.4. The third kappa shape index (κ3) is 3.91. The van der Waals surface area contributed by atoms with Crippen molar-refractivity contribution in [2.24, 2.45) is 0 Å². The van der Waals surface area contributed by atoms with Crippen LogP contribution < -0.4 is 14.8 Å². The number of hydrogen-bond donors (Lipinski definition) is 1. The zero-order valence-electron chi connectivity index (χ0n) is 16.5. The molecule has 1 amide bonds. The van der Waals surface area contributed by atoms with Crippen LogP contribution in [0.5, 0.6) is 11.5 Å². The van der Waals surface area contributed by atoms with Gasteiger partial charge in [0.2, 0.25) is 16.8 Å². The minimum absolute atomic E-state index is 0.127. The quantitative estimate of drug-likeness (QED) is 0.638.